The fourth-order valence-electron chi connectivity index (χ4n) is 1.34. The molecule has 1 unspecified atom stereocenters. The fourth-order valence-corrected chi connectivity index (χ4v) is 1.34. The Bertz CT molecular complexity index is 380. The van der Waals surface area contributed by atoms with Crippen molar-refractivity contribution in [1.82, 2.24) is 0 Å². The lowest BCUT2D eigenvalue weighted by molar-refractivity contribution is 0.619. The topological polar surface area (TPSA) is 29.3 Å². The summed E-state index contributed by atoms with van der Waals surface area (Å²) in [4.78, 5) is 1.68. The minimum absolute atomic E-state index is 0.161. The molecular weight excluding hydrogens is 191 g/mol. The van der Waals surface area contributed by atoms with Crippen LogP contribution in [0.1, 0.15) is 18.5 Å². The molecule has 80 valence electrons. The summed E-state index contributed by atoms with van der Waals surface area (Å²) in [7, 11) is 1.75. The molecule has 2 N–H and O–H groups in total. The van der Waals surface area contributed by atoms with E-state index in [0.717, 1.165) is 5.56 Å². The summed E-state index contributed by atoms with van der Waals surface area (Å²) < 4.78 is 13.6. The summed E-state index contributed by atoms with van der Waals surface area (Å²) in [6, 6.07) is 4.81. The van der Waals surface area contributed by atoms with Crippen LogP contribution in [0.25, 0.3) is 0 Å². The van der Waals surface area contributed by atoms with Crippen molar-refractivity contribution in [3.05, 3.63) is 29.6 Å². The SMILES string of the molecule is C#CCN(C)c1ccc(C(C)N)cc1F. The first-order valence-electron chi connectivity index (χ1n) is 4.76. The van der Waals surface area contributed by atoms with Crippen molar-refractivity contribution in [3.63, 3.8) is 0 Å². The first kappa shape index (κ1) is 11.5. The van der Waals surface area contributed by atoms with Crippen LogP contribution < -0.4 is 10.6 Å². The Morgan fingerprint density at radius 1 is 1.60 bits per heavy atom. The zero-order valence-electron chi connectivity index (χ0n) is 9.00. The van der Waals surface area contributed by atoms with Crippen LogP contribution in [-0.2, 0) is 0 Å². The maximum Gasteiger partial charge on any atom is 0.146 e. The third-order valence-electron chi connectivity index (χ3n) is 2.24. The van der Waals surface area contributed by atoms with Crippen LogP contribution in [-0.4, -0.2) is 13.6 Å². The third-order valence-corrected chi connectivity index (χ3v) is 2.24. The molecule has 1 rings (SSSR count). The molecule has 0 heterocycles. The molecular formula is C12H15FN2. The van der Waals surface area contributed by atoms with Gasteiger partial charge in [-0.25, -0.2) is 4.39 Å². The largest absolute Gasteiger partial charge is 0.361 e. The van der Waals surface area contributed by atoms with Gasteiger partial charge >= 0.3 is 0 Å². The maximum absolute atomic E-state index is 13.6. The van der Waals surface area contributed by atoms with Gasteiger partial charge in [0.1, 0.15) is 5.82 Å². The van der Waals surface area contributed by atoms with Crippen molar-refractivity contribution in [3.8, 4) is 12.3 Å². The third kappa shape index (κ3) is 2.71. The van der Waals surface area contributed by atoms with E-state index in [9.17, 15) is 4.39 Å². The molecule has 0 radical (unpaired) electrons. The summed E-state index contributed by atoms with van der Waals surface area (Å²) in [6.45, 7) is 2.20. The Labute approximate surface area is 89.9 Å². The monoisotopic (exact) mass is 206 g/mol. The molecule has 0 aliphatic carbocycles. The van der Waals surface area contributed by atoms with E-state index in [1.165, 1.54) is 6.07 Å². The van der Waals surface area contributed by atoms with E-state index in [4.69, 9.17) is 12.2 Å². The van der Waals surface area contributed by atoms with Gasteiger partial charge in [-0.3, -0.25) is 0 Å². The number of halogens is 1. The predicted octanol–water partition coefficient (Wildman–Crippen LogP) is 1.91. The molecule has 0 amide bonds. The van der Waals surface area contributed by atoms with Gasteiger partial charge < -0.3 is 10.6 Å². The molecule has 0 aliphatic heterocycles. The van der Waals surface area contributed by atoms with Crippen LogP contribution >= 0.6 is 0 Å². The summed E-state index contributed by atoms with van der Waals surface area (Å²) in [5, 5.41) is 0. The smallest absolute Gasteiger partial charge is 0.146 e. The molecule has 0 bridgehead atoms. The molecule has 0 aliphatic rings. The van der Waals surface area contributed by atoms with Gasteiger partial charge in [-0.1, -0.05) is 12.0 Å². The zero-order valence-corrected chi connectivity index (χ0v) is 9.00. The molecule has 15 heavy (non-hydrogen) atoms. The quantitative estimate of drug-likeness (QED) is 0.765. The predicted molar refractivity (Wildman–Crippen MR) is 61.1 cm³/mol. The first-order chi connectivity index (χ1) is 7.06. The van der Waals surface area contributed by atoms with Gasteiger partial charge in [0.15, 0.2) is 0 Å². The number of terminal acetylenes is 1. The average Bonchev–Trinajstić information content (AvgIpc) is 2.17. The van der Waals surface area contributed by atoms with Crippen LogP contribution in [0.3, 0.4) is 0 Å². The lowest BCUT2D eigenvalue weighted by atomic mass is 10.1. The van der Waals surface area contributed by atoms with Crippen LogP contribution in [0, 0.1) is 18.2 Å². The van der Waals surface area contributed by atoms with Gasteiger partial charge in [0.25, 0.3) is 0 Å². The van der Waals surface area contributed by atoms with E-state index in [2.05, 4.69) is 5.92 Å². The Morgan fingerprint density at radius 2 is 2.27 bits per heavy atom. The van der Waals surface area contributed by atoms with E-state index in [0.29, 0.717) is 12.2 Å². The Morgan fingerprint density at radius 3 is 2.73 bits per heavy atom. The highest BCUT2D eigenvalue weighted by atomic mass is 19.1. The summed E-state index contributed by atoms with van der Waals surface area (Å²) in [5.41, 5.74) is 6.94. The molecule has 0 saturated heterocycles. The highest BCUT2D eigenvalue weighted by Gasteiger charge is 2.08. The molecule has 3 heteroatoms. The van der Waals surface area contributed by atoms with Crippen LogP contribution in [0.5, 0.6) is 0 Å². The standard InChI is InChI=1S/C12H15FN2/c1-4-7-15(3)12-6-5-10(9(2)14)8-11(12)13/h1,5-6,8-9H,7,14H2,2-3H3. The lowest BCUT2D eigenvalue weighted by Gasteiger charge is -2.18. The lowest BCUT2D eigenvalue weighted by Crippen LogP contribution is -2.18. The number of anilines is 1. The molecule has 2 nitrogen and oxygen atoms in total. The van der Waals surface area contributed by atoms with E-state index >= 15 is 0 Å². The molecule has 0 aromatic heterocycles. The van der Waals surface area contributed by atoms with Gasteiger partial charge in [0.2, 0.25) is 0 Å². The Hall–Kier alpha value is -1.53. The van der Waals surface area contributed by atoms with E-state index in [1.807, 2.05) is 13.0 Å². The Kier molecular flexibility index (Phi) is 3.70. The fraction of sp³-hybridized carbons (Fsp3) is 0.333. The van der Waals surface area contributed by atoms with Crippen LogP contribution in [0.2, 0.25) is 0 Å². The van der Waals surface area contributed by atoms with Crippen molar-refractivity contribution < 1.29 is 4.39 Å². The van der Waals surface area contributed by atoms with Gasteiger partial charge in [-0.15, -0.1) is 6.42 Å². The average molecular weight is 206 g/mol. The van der Waals surface area contributed by atoms with Crippen LogP contribution in [0.15, 0.2) is 18.2 Å². The molecule has 1 atom stereocenters. The normalized spacial score (nSPS) is 11.9. The summed E-state index contributed by atoms with van der Waals surface area (Å²) >= 11 is 0. The second kappa shape index (κ2) is 4.81. The highest BCUT2D eigenvalue weighted by Crippen LogP contribution is 2.21. The summed E-state index contributed by atoms with van der Waals surface area (Å²) in [6.07, 6.45) is 5.16. The van der Waals surface area contributed by atoms with E-state index in [1.54, 1.807) is 18.0 Å². The second-order valence-corrected chi connectivity index (χ2v) is 3.56. The summed E-state index contributed by atoms with van der Waals surface area (Å²) in [5.74, 6) is 2.18. The number of nitrogens with zero attached hydrogens (tertiary/aromatic N) is 1. The first-order valence-corrected chi connectivity index (χ1v) is 4.76. The zero-order chi connectivity index (χ0) is 11.4. The minimum Gasteiger partial charge on any atom is -0.361 e. The van der Waals surface area contributed by atoms with Crippen LogP contribution in [0.4, 0.5) is 10.1 Å². The van der Waals surface area contributed by atoms with E-state index in [-0.39, 0.29) is 11.9 Å². The Balaban J connectivity index is 2.98. The van der Waals surface area contributed by atoms with Gasteiger partial charge in [0.05, 0.1) is 12.2 Å². The number of hydrogen-bond donors (Lipinski definition) is 1. The minimum atomic E-state index is -0.289. The van der Waals surface area contributed by atoms with Crippen molar-refractivity contribution in [1.29, 1.82) is 0 Å². The molecule has 0 fully saturated rings. The number of rotatable bonds is 3. The van der Waals surface area contributed by atoms with Gasteiger partial charge in [-0.05, 0) is 24.6 Å². The van der Waals surface area contributed by atoms with Crippen molar-refractivity contribution in [2.45, 2.75) is 13.0 Å². The van der Waals surface area contributed by atoms with Gasteiger partial charge in [0, 0.05) is 13.1 Å². The van der Waals surface area contributed by atoms with Crippen molar-refractivity contribution in [2.24, 2.45) is 5.73 Å². The molecule has 0 saturated carbocycles. The molecule has 1 aromatic carbocycles. The molecule has 0 spiro atoms. The second-order valence-electron chi connectivity index (χ2n) is 3.56. The molecule has 1 aromatic rings. The number of benzene rings is 1. The number of hydrogen-bond acceptors (Lipinski definition) is 2. The maximum atomic E-state index is 13.6. The van der Waals surface area contributed by atoms with Gasteiger partial charge in [-0.2, -0.15) is 0 Å². The number of nitrogens with two attached hydrogens (primary N) is 1. The highest BCUT2D eigenvalue weighted by molar-refractivity contribution is 5.49. The van der Waals surface area contributed by atoms with E-state index < -0.39 is 0 Å². The van der Waals surface area contributed by atoms with Crippen molar-refractivity contribution in [2.75, 3.05) is 18.5 Å². The van der Waals surface area contributed by atoms with Crippen molar-refractivity contribution >= 4 is 5.69 Å².